The Kier molecular flexibility index (Phi) is 3.38. The number of hydrogen-bond acceptors (Lipinski definition) is 3. The molecule has 5 heteroatoms. The van der Waals surface area contributed by atoms with Crippen LogP contribution in [0.2, 0.25) is 0 Å². The van der Waals surface area contributed by atoms with Crippen LogP contribution in [0.5, 0.6) is 0 Å². The van der Waals surface area contributed by atoms with Crippen LogP contribution in [0.1, 0.15) is 25.7 Å². The zero-order valence-electron chi connectivity index (χ0n) is 10.2. The quantitative estimate of drug-likeness (QED) is 0.694. The van der Waals surface area contributed by atoms with E-state index in [0.717, 1.165) is 25.9 Å². The minimum absolute atomic E-state index is 0.293. The molecule has 0 bridgehead atoms. The number of carbonyl (C=O) groups excluding carboxylic acids is 1. The molecular formula is C12H20N2O3. The third-order valence-corrected chi connectivity index (χ3v) is 3.87. The average molecular weight is 240 g/mol. The van der Waals surface area contributed by atoms with Crippen molar-refractivity contribution in [1.82, 2.24) is 10.2 Å². The Morgan fingerprint density at radius 2 is 2.18 bits per heavy atom. The lowest BCUT2D eigenvalue weighted by Crippen LogP contribution is -2.43. The maximum atomic E-state index is 11.8. The van der Waals surface area contributed by atoms with Crippen LogP contribution < -0.4 is 5.32 Å². The predicted octanol–water partition coefficient (Wildman–Crippen LogP) is 0.309. The monoisotopic (exact) mass is 240 g/mol. The molecule has 2 fully saturated rings. The Morgan fingerprint density at radius 1 is 1.47 bits per heavy atom. The fourth-order valence-corrected chi connectivity index (χ4v) is 2.51. The molecule has 5 nitrogen and oxygen atoms in total. The highest BCUT2D eigenvalue weighted by Gasteiger charge is 2.57. The van der Waals surface area contributed by atoms with Crippen LogP contribution in [0.15, 0.2) is 0 Å². The van der Waals surface area contributed by atoms with Gasteiger partial charge in [-0.3, -0.25) is 9.59 Å². The first kappa shape index (κ1) is 12.4. The van der Waals surface area contributed by atoms with Crippen molar-refractivity contribution in [2.75, 3.05) is 26.7 Å². The summed E-state index contributed by atoms with van der Waals surface area (Å²) in [5.74, 6) is -0.809. The van der Waals surface area contributed by atoms with Gasteiger partial charge < -0.3 is 15.3 Å². The second-order valence-electron chi connectivity index (χ2n) is 5.37. The van der Waals surface area contributed by atoms with Crippen molar-refractivity contribution in [3.8, 4) is 0 Å². The van der Waals surface area contributed by atoms with Gasteiger partial charge in [-0.1, -0.05) is 0 Å². The van der Waals surface area contributed by atoms with Crippen LogP contribution in [0, 0.1) is 11.3 Å². The Morgan fingerprint density at radius 3 is 2.71 bits per heavy atom. The molecule has 1 heterocycles. The van der Waals surface area contributed by atoms with Crippen molar-refractivity contribution in [1.29, 1.82) is 0 Å². The molecule has 0 aromatic carbocycles. The lowest BCUT2D eigenvalue weighted by molar-refractivity contribution is -0.149. The fourth-order valence-electron chi connectivity index (χ4n) is 2.51. The third-order valence-electron chi connectivity index (χ3n) is 3.87. The molecule has 1 aliphatic heterocycles. The number of nitrogens with one attached hydrogen (secondary N) is 1. The number of carbonyl (C=O) groups is 2. The first-order valence-electron chi connectivity index (χ1n) is 6.25. The third kappa shape index (κ3) is 2.60. The lowest BCUT2D eigenvalue weighted by atomic mass is 9.98. The van der Waals surface area contributed by atoms with Gasteiger partial charge in [0, 0.05) is 13.1 Å². The van der Waals surface area contributed by atoms with Crippen molar-refractivity contribution in [2.24, 2.45) is 11.3 Å². The normalized spacial score (nSPS) is 27.5. The molecule has 1 atom stereocenters. The second-order valence-corrected chi connectivity index (χ2v) is 5.37. The topological polar surface area (TPSA) is 69.6 Å². The summed E-state index contributed by atoms with van der Waals surface area (Å²) in [6.07, 6.45) is 3.24. The van der Waals surface area contributed by atoms with E-state index in [-0.39, 0.29) is 5.91 Å². The van der Waals surface area contributed by atoms with E-state index in [1.165, 1.54) is 0 Å². The molecule has 1 aliphatic carbocycles. The Balaban J connectivity index is 1.78. The van der Waals surface area contributed by atoms with Crippen LogP contribution in [0.25, 0.3) is 0 Å². The minimum Gasteiger partial charge on any atom is -0.480 e. The van der Waals surface area contributed by atoms with Gasteiger partial charge in [0.1, 0.15) is 5.41 Å². The highest BCUT2D eigenvalue weighted by Crippen LogP contribution is 2.46. The van der Waals surface area contributed by atoms with Gasteiger partial charge in [-0.15, -0.1) is 0 Å². The van der Waals surface area contributed by atoms with Gasteiger partial charge in [0.15, 0.2) is 0 Å². The number of rotatable bonds is 4. The van der Waals surface area contributed by atoms with E-state index in [2.05, 4.69) is 17.3 Å². The molecule has 2 aliphatic rings. The number of likely N-dealkylation sites (tertiary alicyclic amines) is 1. The van der Waals surface area contributed by atoms with E-state index in [4.69, 9.17) is 5.11 Å². The molecule has 1 unspecified atom stereocenters. The number of piperidine rings is 1. The molecule has 17 heavy (non-hydrogen) atoms. The molecule has 96 valence electrons. The van der Waals surface area contributed by atoms with Gasteiger partial charge in [0.25, 0.3) is 0 Å². The largest absolute Gasteiger partial charge is 0.480 e. The van der Waals surface area contributed by atoms with Crippen LogP contribution >= 0.6 is 0 Å². The van der Waals surface area contributed by atoms with Gasteiger partial charge in [0.2, 0.25) is 5.91 Å². The summed E-state index contributed by atoms with van der Waals surface area (Å²) in [6.45, 7) is 2.71. The zero-order chi connectivity index (χ0) is 12.5. The summed E-state index contributed by atoms with van der Waals surface area (Å²) < 4.78 is 0. The summed E-state index contributed by atoms with van der Waals surface area (Å²) in [7, 11) is 2.08. The molecule has 1 saturated heterocycles. The van der Waals surface area contributed by atoms with Gasteiger partial charge in [0.05, 0.1) is 0 Å². The molecular weight excluding hydrogens is 220 g/mol. The number of aliphatic carboxylic acids is 1. The molecule has 2 rings (SSSR count). The molecule has 0 spiro atoms. The van der Waals surface area contributed by atoms with E-state index in [1.807, 2.05) is 0 Å². The number of carboxylic acid groups (broad SMARTS) is 1. The highest BCUT2D eigenvalue weighted by atomic mass is 16.4. The number of amides is 1. The van der Waals surface area contributed by atoms with Crippen LogP contribution in [0.4, 0.5) is 0 Å². The summed E-state index contributed by atoms with van der Waals surface area (Å²) in [5.41, 5.74) is -1.10. The second kappa shape index (κ2) is 4.64. The van der Waals surface area contributed by atoms with E-state index in [1.54, 1.807) is 0 Å². The first-order valence-corrected chi connectivity index (χ1v) is 6.25. The van der Waals surface area contributed by atoms with Crippen LogP contribution in [0.3, 0.4) is 0 Å². The Labute approximate surface area is 101 Å². The molecule has 1 amide bonds. The zero-order valence-corrected chi connectivity index (χ0v) is 10.2. The summed E-state index contributed by atoms with van der Waals surface area (Å²) >= 11 is 0. The SMILES string of the molecule is CN1CCCC(CNC(=O)C2(C(=O)O)CC2)C1. The summed E-state index contributed by atoms with van der Waals surface area (Å²) in [5, 5.41) is 11.8. The van der Waals surface area contributed by atoms with Gasteiger partial charge in [-0.05, 0) is 45.2 Å². The van der Waals surface area contributed by atoms with Crippen molar-refractivity contribution >= 4 is 11.9 Å². The van der Waals surface area contributed by atoms with E-state index in [9.17, 15) is 9.59 Å². The predicted molar refractivity (Wildman–Crippen MR) is 62.5 cm³/mol. The standard InChI is InChI=1S/C12H20N2O3/c1-14-6-2-3-9(8-14)7-13-10(15)12(4-5-12)11(16)17/h9H,2-8H2,1H3,(H,13,15)(H,16,17). The van der Waals surface area contributed by atoms with Crippen molar-refractivity contribution in [3.63, 3.8) is 0 Å². The summed E-state index contributed by atoms with van der Waals surface area (Å²) in [4.78, 5) is 25.0. The molecule has 0 aromatic heterocycles. The van der Waals surface area contributed by atoms with E-state index in [0.29, 0.717) is 25.3 Å². The molecule has 0 aromatic rings. The van der Waals surface area contributed by atoms with Crippen LogP contribution in [-0.4, -0.2) is 48.6 Å². The molecule has 1 saturated carbocycles. The van der Waals surface area contributed by atoms with Crippen molar-refractivity contribution < 1.29 is 14.7 Å². The lowest BCUT2D eigenvalue weighted by Gasteiger charge is -2.30. The smallest absolute Gasteiger partial charge is 0.319 e. The fraction of sp³-hybridized carbons (Fsp3) is 0.833. The van der Waals surface area contributed by atoms with E-state index < -0.39 is 11.4 Å². The maximum absolute atomic E-state index is 11.8. The molecule has 2 N–H and O–H groups in total. The number of hydrogen-bond donors (Lipinski definition) is 2. The highest BCUT2D eigenvalue weighted by molar-refractivity contribution is 6.04. The van der Waals surface area contributed by atoms with Crippen LogP contribution in [-0.2, 0) is 9.59 Å². The maximum Gasteiger partial charge on any atom is 0.319 e. The van der Waals surface area contributed by atoms with Gasteiger partial charge >= 0.3 is 5.97 Å². The van der Waals surface area contributed by atoms with E-state index >= 15 is 0 Å². The van der Waals surface area contributed by atoms with Gasteiger partial charge in [-0.25, -0.2) is 0 Å². The van der Waals surface area contributed by atoms with Crippen molar-refractivity contribution in [3.05, 3.63) is 0 Å². The minimum atomic E-state index is -1.10. The van der Waals surface area contributed by atoms with Gasteiger partial charge in [-0.2, -0.15) is 0 Å². The number of nitrogens with zero attached hydrogens (tertiary/aromatic N) is 1. The molecule has 0 radical (unpaired) electrons. The summed E-state index contributed by atoms with van der Waals surface area (Å²) in [6, 6.07) is 0. The first-order chi connectivity index (χ1) is 8.04. The average Bonchev–Trinajstić information content (AvgIpc) is 3.07. The Bertz CT molecular complexity index is 326. The Hall–Kier alpha value is -1.10. The number of carboxylic acids is 1. The van der Waals surface area contributed by atoms with Crippen molar-refractivity contribution in [2.45, 2.75) is 25.7 Å².